The predicted molar refractivity (Wildman–Crippen MR) is 70.3 cm³/mol. The number of carbonyl (C=O) groups is 2. The summed E-state index contributed by atoms with van der Waals surface area (Å²) in [7, 11) is 0. The first kappa shape index (κ1) is 14.7. The van der Waals surface area contributed by atoms with E-state index < -0.39 is 23.6 Å². The summed E-state index contributed by atoms with van der Waals surface area (Å²) in [5.41, 5.74) is -0.930. The Morgan fingerprint density at radius 2 is 1.76 bits per heavy atom. The van der Waals surface area contributed by atoms with Crippen LogP contribution in [0, 0.1) is 0 Å². The first-order valence-corrected chi connectivity index (χ1v) is 6.93. The molecule has 0 bridgehead atoms. The molecule has 0 unspecified atom stereocenters. The lowest BCUT2D eigenvalue weighted by molar-refractivity contribution is -0.179. The van der Waals surface area contributed by atoms with E-state index >= 15 is 0 Å². The van der Waals surface area contributed by atoms with Crippen LogP contribution in [-0.2, 0) is 19.1 Å². The van der Waals surface area contributed by atoms with Crippen LogP contribution in [0.2, 0.25) is 0 Å². The molecule has 1 aliphatic carbocycles. The van der Waals surface area contributed by atoms with E-state index in [0.29, 0.717) is 0 Å². The van der Waals surface area contributed by atoms with Gasteiger partial charge in [0.05, 0.1) is 9.65 Å². The van der Waals surface area contributed by atoms with Gasteiger partial charge >= 0.3 is 11.9 Å². The van der Waals surface area contributed by atoms with Crippen molar-refractivity contribution in [1.82, 2.24) is 0 Å². The largest absolute Gasteiger partial charge is 0.457 e. The molecule has 96 valence electrons. The molecule has 0 spiro atoms. The van der Waals surface area contributed by atoms with Gasteiger partial charge in [0.2, 0.25) is 0 Å². The minimum absolute atomic E-state index is 0.190. The number of carbonyl (C=O) groups excluding carboxylic acids is 2. The number of alkyl halides is 2. The van der Waals surface area contributed by atoms with Gasteiger partial charge in [-0.05, 0) is 6.92 Å². The van der Waals surface area contributed by atoms with Gasteiger partial charge in [-0.25, -0.2) is 0 Å². The number of hydrogen-bond acceptors (Lipinski definition) is 4. The van der Waals surface area contributed by atoms with Gasteiger partial charge in [0, 0.05) is 13.8 Å². The zero-order chi connectivity index (χ0) is 13.2. The van der Waals surface area contributed by atoms with Crippen LogP contribution in [0.4, 0.5) is 0 Å². The summed E-state index contributed by atoms with van der Waals surface area (Å²) in [5.74, 6) is -0.822. The molecule has 0 saturated heterocycles. The minimum Gasteiger partial charge on any atom is -0.457 e. The van der Waals surface area contributed by atoms with Crippen LogP contribution in [0.25, 0.3) is 0 Å². The van der Waals surface area contributed by atoms with Crippen molar-refractivity contribution in [2.75, 3.05) is 0 Å². The third kappa shape index (κ3) is 3.31. The second-order valence-electron chi connectivity index (χ2n) is 4.04. The van der Waals surface area contributed by atoms with E-state index in [0.717, 1.165) is 0 Å². The smallest absolute Gasteiger partial charge is 0.303 e. The van der Waals surface area contributed by atoms with E-state index in [2.05, 4.69) is 31.9 Å². The van der Waals surface area contributed by atoms with E-state index in [4.69, 9.17) is 9.47 Å². The maximum atomic E-state index is 11.2. The van der Waals surface area contributed by atoms with Crippen molar-refractivity contribution in [1.29, 1.82) is 0 Å². The van der Waals surface area contributed by atoms with Crippen LogP contribution in [-0.4, -0.2) is 33.3 Å². The van der Waals surface area contributed by atoms with Gasteiger partial charge < -0.3 is 9.47 Å². The van der Waals surface area contributed by atoms with Gasteiger partial charge in [0.15, 0.2) is 11.7 Å². The Morgan fingerprint density at radius 1 is 1.18 bits per heavy atom. The zero-order valence-electron chi connectivity index (χ0n) is 9.78. The van der Waals surface area contributed by atoms with Gasteiger partial charge in [-0.15, -0.1) is 0 Å². The quantitative estimate of drug-likeness (QED) is 0.426. The van der Waals surface area contributed by atoms with Crippen molar-refractivity contribution in [2.24, 2.45) is 0 Å². The van der Waals surface area contributed by atoms with Gasteiger partial charge in [-0.2, -0.15) is 0 Å². The molecule has 0 amide bonds. The predicted octanol–water partition coefficient (Wildman–Crippen LogP) is 2.34. The molecule has 0 fully saturated rings. The van der Waals surface area contributed by atoms with Crippen LogP contribution >= 0.6 is 31.9 Å². The van der Waals surface area contributed by atoms with E-state index in [1.54, 1.807) is 6.92 Å². The Hall–Kier alpha value is -0.360. The molecule has 0 aromatic rings. The van der Waals surface area contributed by atoms with Crippen LogP contribution in [0.3, 0.4) is 0 Å². The number of esters is 2. The second kappa shape index (κ2) is 5.52. The summed E-state index contributed by atoms with van der Waals surface area (Å²) in [6.45, 7) is 4.39. The molecule has 0 heterocycles. The Bertz CT molecular complexity index is 355. The molecule has 0 N–H and O–H groups in total. The van der Waals surface area contributed by atoms with Crippen LogP contribution in [0.15, 0.2) is 12.2 Å². The Balaban J connectivity index is 3.04. The molecular weight excluding hydrogens is 356 g/mol. The highest BCUT2D eigenvalue weighted by molar-refractivity contribution is 9.10. The highest BCUT2D eigenvalue weighted by Crippen LogP contribution is 2.37. The number of rotatable bonds is 2. The SMILES string of the molecule is CC(=O)O[C@H]1[C@H](Br)C=C[C@H](Br)[C@@]1(C)OC(C)=O. The van der Waals surface area contributed by atoms with Gasteiger partial charge in [-0.3, -0.25) is 9.59 Å². The standard InChI is InChI=1S/C11H14Br2O4/c1-6(14)16-10-8(12)4-5-9(13)11(10,3)17-7(2)15/h4-5,8-10H,1-3H3/t8-,9+,10+,11-/m1/s1. The maximum absolute atomic E-state index is 11.2. The number of ether oxygens (including phenoxy) is 2. The Morgan fingerprint density at radius 3 is 2.24 bits per heavy atom. The van der Waals surface area contributed by atoms with Gasteiger partial charge in [0.25, 0.3) is 0 Å². The summed E-state index contributed by atoms with van der Waals surface area (Å²) in [6, 6.07) is 0. The Kier molecular flexibility index (Phi) is 4.77. The fraction of sp³-hybridized carbons (Fsp3) is 0.636. The lowest BCUT2D eigenvalue weighted by atomic mass is 9.87. The molecular formula is C11H14Br2O4. The fourth-order valence-corrected chi connectivity index (χ4v) is 3.09. The van der Waals surface area contributed by atoms with Crippen LogP contribution in [0.5, 0.6) is 0 Å². The monoisotopic (exact) mass is 368 g/mol. The molecule has 1 rings (SSSR count). The minimum atomic E-state index is -0.930. The molecule has 0 aromatic carbocycles. The first-order valence-electron chi connectivity index (χ1n) is 5.10. The topological polar surface area (TPSA) is 52.6 Å². The zero-order valence-corrected chi connectivity index (χ0v) is 12.9. The van der Waals surface area contributed by atoms with Crippen molar-refractivity contribution in [2.45, 2.75) is 42.1 Å². The second-order valence-corrected chi connectivity index (χ2v) is 6.08. The highest BCUT2D eigenvalue weighted by atomic mass is 79.9. The van der Waals surface area contributed by atoms with Crippen LogP contribution < -0.4 is 0 Å². The first-order chi connectivity index (χ1) is 7.77. The van der Waals surface area contributed by atoms with Crippen molar-refractivity contribution >= 4 is 43.8 Å². The molecule has 0 radical (unpaired) electrons. The summed E-state index contributed by atoms with van der Waals surface area (Å²) in [5, 5.41) is 0. The van der Waals surface area contributed by atoms with Gasteiger partial charge in [0.1, 0.15) is 0 Å². The summed E-state index contributed by atoms with van der Waals surface area (Å²) >= 11 is 6.82. The van der Waals surface area contributed by atoms with E-state index in [-0.39, 0.29) is 9.65 Å². The molecule has 6 heteroatoms. The molecule has 17 heavy (non-hydrogen) atoms. The van der Waals surface area contributed by atoms with Crippen molar-refractivity contribution in [3.63, 3.8) is 0 Å². The normalized spacial score (nSPS) is 36.4. The average molecular weight is 370 g/mol. The molecule has 0 aromatic heterocycles. The summed E-state index contributed by atoms with van der Waals surface area (Å²) < 4.78 is 10.6. The maximum Gasteiger partial charge on any atom is 0.303 e. The molecule has 0 saturated carbocycles. The third-order valence-corrected chi connectivity index (χ3v) is 4.52. The molecule has 0 aliphatic heterocycles. The van der Waals surface area contributed by atoms with Crippen molar-refractivity contribution < 1.29 is 19.1 Å². The fourth-order valence-electron chi connectivity index (χ4n) is 1.75. The lowest BCUT2D eigenvalue weighted by Gasteiger charge is -2.42. The number of hydrogen-bond donors (Lipinski definition) is 0. The molecule has 4 atom stereocenters. The summed E-state index contributed by atoms with van der Waals surface area (Å²) in [4.78, 5) is 21.9. The average Bonchev–Trinajstić information content (AvgIpc) is 2.18. The van der Waals surface area contributed by atoms with E-state index in [1.165, 1.54) is 13.8 Å². The number of halogens is 2. The van der Waals surface area contributed by atoms with Crippen LogP contribution in [0.1, 0.15) is 20.8 Å². The van der Waals surface area contributed by atoms with Crippen molar-refractivity contribution in [3.8, 4) is 0 Å². The van der Waals surface area contributed by atoms with E-state index in [9.17, 15) is 9.59 Å². The Labute approximate surface area is 117 Å². The van der Waals surface area contributed by atoms with E-state index in [1.807, 2.05) is 12.2 Å². The lowest BCUT2D eigenvalue weighted by Crippen LogP contribution is -2.56. The highest BCUT2D eigenvalue weighted by Gasteiger charge is 2.49. The third-order valence-electron chi connectivity index (χ3n) is 2.52. The molecule has 4 nitrogen and oxygen atoms in total. The van der Waals surface area contributed by atoms with Crippen molar-refractivity contribution in [3.05, 3.63) is 12.2 Å². The molecule has 1 aliphatic rings. The van der Waals surface area contributed by atoms with Gasteiger partial charge in [-0.1, -0.05) is 44.0 Å². The summed E-state index contributed by atoms with van der Waals surface area (Å²) in [6.07, 6.45) is 3.15.